The molecule has 0 atom stereocenters. The maximum atomic E-state index is 12.5. The van der Waals surface area contributed by atoms with Crippen LogP contribution in [0.4, 0.5) is 9.59 Å². The van der Waals surface area contributed by atoms with Crippen molar-refractivity contribution in [2.75, 3.05) is 13.2 Å². The molecule has 0 spiro atoms. The molecule has 24 heavy (non-hydrogen) atoms. The lowest BCUT2D eigenvalue weighted by Gasteiger charge is -2.17. The standard InChI is InChI=1S/C12H18N6O6/c1-5-23-11(21)17-7-8(13-14-18(17)12(22)24-6-2)15(3)10(20)16(4)9(7)19/h13-14H,5-6H2,1-4H3. The van der Waals surface area contributed by atoms with Gasteiger partial charge in [0, 0.05) is 14.1 Å². The van der Waals surface area contributed by atoms with Crippen molar-refractivity contribution in [1.82, 2.24) is 28.9 Å². The average molecular weight is 342 g/mol. The molecule has 2 heterocycles. The highest BCUT2D eigenvalue weighted by molar-refractivity contribution is 5.84. The van der Waals surface area contributed by atoms with Gasteiger partial charge in [0.05, 0.1) is 13.2 Å². The fourth-order valence-corrected chi connectivity index (χ4v) is 2.09. The molecule has 0 aliphatic heterocycles. The highest BCUT2D eigenvalue weighted by Crippen LogP contribution is 2.05. The smallest absolute Gasteiger partial charge is 0.448 e. The van der Waals surface area contributed by atoms with Crippen LogP contribution in [0.3, 0.4) is 0 Å². The van der Waals surface area contributed by atoms with E-state index in [0.29, 0.717) is 9.48 Å². The number of fused-ring (bicyclic) bond motifs is 1. The Bertz CT molecular complexity index is 946. The van der Waals surface area contributed by atoms with Crippen LogP contribution in [0.15, 0.2) is 9.59 Å². The predicted octanol–water partition coefficient (Wildman–Crippen LogP) is -0.370. The Morgan fingerprint density at radius 2 is 1.58 bits per heavy atom. The first kappa shape index (κ1) is 17.2. The predicted molar refractivity (Wildman–Crippen MR) is 81.6 cm³/mol. The number of rotatable bonds is 2. The van der Waals surface area contributed by atoms with Crippen LogP contribution in [0.2, 0.25) is 0 Å². The van der Waals surface area contributed by atoms with E-state index in [4.69, 9.17) is 9.47 Å². The number of nitrogens with one attached hydrogen (secondary N) is 2. The van der Waals surface area contributed by atoms with Gasteiger partial charge in [-0.2, -0.15) is 4.68 Å². The van der Waals surface area contributed by atoms with E-state index in [1.165, 1.54) is 14.1 Å². The summed E-state index contributed by atoms with van der Waals surface area (Å²) in [7, 11) is 2.66. The summed E-state index contributed by atoms with van der Waals surface area (Å²) in [6.45, 7) is 3.22. The lowest BCUT2D eigenvalue weighted by Crippen LogP contribution is -2.43. The number of aromatic amines is 2. The quantitative estimate of drug-likeness (QED) is 0.763. The van der Waals surface area contributed by atoms with Crippen molar-refractivity contribution >= 4 is 23.4 Å². The summed E-state index contributed by atoms with van der Waals surface area (Å²) >= 11 is 0. The average Bonchev–Trinajstić information content (AvgIpc) is 2.57. The lowest BCUT2D eigenvalue weighted by molar-refractivity contribution is 0.124. The molecule has 0 fully saturated rings. The first-order valence-corrected chi connectivity index (χ1v) is 7.10. The topological polar surface area (TPSA) is 138 Å². The minimum Gasteiger partial charge on any atom is -0.448 e. The van der Waals surface area contributed by atoms with Gasteiger partial charge in [-0.25, -0.2) is 19.6 Å². The molecular formula is C12H18N6O6. The molecule has 2 N–H and O–H groups in total. The van der Waals surface area contributed by atoms with Crippen LogP contribution in [0, 0.1) is 0 Å². The summed E-state index contributed by atoms with van der Waals surface area (Å²) < 4.78 is 12.3. The van der Waals surface area contributed by atoms with Crippen molar-refractivity contribution in [2.24, 2.45) is 14.1 Å². The molecule has 0 bridgehead atoms. The number of hydrogen-bond donors (Lipinski definition) is 2. The van der Waals surface area contributed by atoms with Crippen LogP contribution in [0.25, 0.3) is 11.2 Å². The molecular weight excluding hydrogens is 324 g/mol. The molecule has 0 saturated carbocycles. The van der Waals surface area contributed by atoms with Crippen LogP contribution < -0.4 is 11.2 Å². The van der Waals surface area contributed by atoms with E-state index in [1.807, 2.05) is 0 Å². The van der Waals surface area contributed by atoms with Crippen molar-refractivity contribution in [3.8, 4) is 0 Å². The van der Waals surface area contributed by atoms with E-state index in [9.17, 15) is 19.2 Å². The number of aromatic nitrogens is 6. The summed E-state index contributed by atoms with van der Waals surface area (Å²) in [6, 6.07) is 0. The Hall–Kier alpha value is -3.18. The molecule has 12 heteroatoms. The zero-order valence-electron chi connectivity index (χ0n) is 13.7. The van der Waals surface area contributed by atoms with Crippen LogP contribution in [0.5, 0.6) is 0 Å². The van der Waals surface area contributed by atoms with E-state index in [2.05, 4.69) is 10.3 Å². The molecule has 12 nitrogen and oxygen atoms in total. The van der Waals surface area contributed by atoms with Crippen molar-refractivity contribution in [3.63, 3.8) is 0 Å². The van der Waals surface area contributed by atoms with Crippen molar-refractivity contribution < 1.29 is 19.1 Å². The highest BCUT2D eigenvalue weighted by atomic mass is 16.6. The molecule has 0 radical (unpaired) electrons. The molecule has 2 rings (SSSR count). The molecule has 0 amide bonds. The minimum absolute atomic E-state index is 0.00305. The van der Waals surface area contributed by atoms with E-state index < -0.39 is 23.4 Å². The van der Waals surface area contributed by atoms with Crippen LogP contribution >= 0.6 is 0 Å². The molecule has 0 aromatic carbocycles. The molecule has 0 aliphatic rings. The highest BCUT2D eigenvalue weighted by Gasteiger charge is 2.23. The van der Waals surface area contributed by atoms with Gasteiger partial charge in [0.2, 0.25) is 0 Å². The second kappa shape index (κ2) is 6.52. The summed E-state index contributed by atoms with van der Waals surface area (Å²) in [5, 5.41) is 4.92. The summed E-state index contributed by atoms with van der Waals surface area (Å²) in [5.74, 6) is 0. The first-order valence-electron chi connectivity index (χ1n) is 7.10. The Morgan fingerprint density at radius 3 is 2.17 bits per heavy atom. The first-order chi connectivity index (χ1) is 11.3. The third kappa shape index (κ3) is 2.61. The Morgan fingerprint density at radius 1 is 1.00 bits per heavy atom. The normalized spacial score (nSPS) is 10.7. The minimum atomic E-state index is -0.989. The Labute approximate surface area is 134 Å². The van der Waals surface area contributed by atoms with Crippen LogP contribution in [-0.4, -0.2) is 54.3 Å². The number of ether oxygens (including phenoxy) is 2. The maximum Gasteiger partial charge on any atom is 0.450 e. The van der Waals surface area contributed by atoms with Gasteiger partial charge >= 0.3 is 17.9 Å². The number of H-pyrrole nitrogens is 2. The zero-order chi connectivity index (χ0) is 18.0. The number of aryl methyl sites for hydroxylation is 1. The molecule has 0 unspecified atom stereocenters. The van der Waals surface area contributed by atoms with Gasteiger partial charge in [0.15, 0.2) is 11.2 Å². The fraction of sp³-hybridized carbons (Fsp3) is 0.500. The third-order valence-corrected chi connectivity index (χ3v) is 3.21. The molecule has 132 valence electrons. The Balaban J connectivity index is 2.99. The van der Waals surface area contributed by atoms with Gasteiger partial charge in [0.1, 0.15) is 0 Å². The maximum absolute atomic E-state index is 12.5. The van der Waals surface area contributed by atoms with Crippen LogP contribution in [-0.2, 0) is 23.6 Å². The zero-order valence-corrected chi connectivity index (χ0v) is 13.7. The number of carbonyl (C=O) groups is 2. The SMILES string of the molecule is CCOC(=O)n1[nH][nH]c2c(c(=O)n(C)c(=O)n2C)n1C(=O)OCC. The lowest BCUT2D eigenvalue weighted by atomic mass is 10.5. The monoisotopic (exact) mass is 342 g/mol. The molecule has 0 saturated heterocycles. The second-order valence-electron chi connectivity index (χ2n) is 4.66. The van der Waals surface area contributed by atoms with Gasteiger partial charge in [-0.3, -0.25) is 19.0 Å². The van der Waals surface area contributed by atoms with Crippen molar-refractivity contribution in [2.45, 2.75) is 13.8 Å². The van der Waals surface area contributed by atoms with Gasteiger partial charge in [-0.05, 0) is 13.8 Å². The third-order valence-electron chi connectivity index (χ3n) is 3.21. The summed E-state index contributed by atoms with van der Waals surface area (Å²) in [4.78, 5) is 49.5. The Kier molecular flexibility index (Phi) is 4.66. The van der Waals surface area contributed by atoms with Crippen molar-refractivity contribution in [1.29, 1.82) is 0 Å². The number of hydrogen-bond acceptors (Lipinski definition) is 6. The molecule has 0 aliphatic carbocycles. The molecule has 2 aromatic heterocycles. The van der Waals surface area contributed by atoms with E-state index in [-0.39, 0.29) is 24.4 Å². The van der Waals surface area contributed by atoms with Gasteiger partial charge in [-0.1, -0.05) is 4.80 Å². The second-order valence-corrected chi connectivity index (χ2v) is 4.66. The van der Waals surface area contributed by atoms with Crippen LogP contribution in [0.1, 0.15) is 13.8 Å². The van der Waals surface area contributed by atoms with E-state index in [0.717, 1.165) is 9.13 Å². The van der Waals surface area contributed by atoms with E-state index >= 15 is 0 Å². The van der Waals surface area contributed by atoms with Gasteiger partial charge in [0.25, 0.3) is 5.56 Å². The summed E-state index contributed by atoms with van der Waals surface area (Å²) in [6.07, 6.45) is -1.93. The summed E-state index contributed by atoms with van der Waals surface area (Å²) in [5.41, 5.74) is -1.66. The van der Waals surface area contributed by atoms with Gasteiger partial charge in [-0.15, -0.1) is 0 Å². The van der Waals surface area contributed by atoms with E-state index in [1.54, 1.807) is 13.8 Å². The number of carbonyl (C=O) groups excluding carboxylic acids is 2. The van der Waals surface area contributed by atoms with Gasteiger partial charge < -0.3 is 9.47 Å². The fourth-order valence-electron chi connectivity index (χ4n) is 2.09. The molecule has 2 aromatic rings. The largest absolute Gasteiger partial charge is 0.450 e. The number of nitrogens with zero attached hydrogens (tertiary/aromatic N) is 4. The van der Waals surface area contributed by atoms with Crippen molar-refractivity contribution in [3.05, 3.63) is 20.8 Å².